The summed E-state index contributed by atoms with van der Waals surface area (Å²) in [6, 6.07) is 12.9. The van der Waals surface area contributed by atoms with Crippen molar-refractivity contribution < 1.29 is 4.39 Å². The van der Waals surface area contributed by atoms with E-state index in [0.717, 1.165) is 54.9 Å². The Kier molecular flexibility index (Phi) is 5.39. The van der Waals surface area contributed by atoms with E-state index < -0.39 is 5.82 Å². The maximum atomic E-state index is 13.8. The van der Waals surface area contributed by atoms with Crippen molar-refractivity contribution in [3.05, 3.63) is 75.2 Å². The summed E-state index contributed by atoms with van der Waals surface area (Å²) in [4.78, 5) is 23.2. The molecule has 0 atom stereocenters. The number of aromatic amines is 1. The van der Waals surface area contributed by atoms with Gasteiger partial charge in [-0.05, 0) is 50.1 Å². The third-order valence-electron chi connectivity index (χ3n) is 6.47. The molecule has 2 aromatic carbocycles. The number of benzene rings is 2. The molecule has 0 radical (unpaired) electrons. The predicted molar refractivity (Wildman–Crippen MR) is 124 cm³/mol. The second-order valence-corrected chi connectivity index (χ2v) is 8.90. The molecule has 8 heteroatoms. The van der Waals surface area contributed by atoms with Gasteiger partial charge in [0.1, 0.15) is 11.6 Å². The summed E-state index contributed by atoms with van der Waals surface area (Å²) in [6.07, 6.45) is 1.82. The van der Waals surface area contributed by atoms with Crippen LogP contribution in [0.4, 0.5) is 4.39 Å². The van der Waals surface area contributed by atoms with Gasteiger partial charge in [-0.3, -0.25) is 14.0 Å². The highest BCUT2D eigenvalue weighted by molar-refractivity contribution is 6.30. The number of para-hydroxylation sites is 2. The molecule has 4 aromatic rings. The van der Waals surface area contributed by atoms with Gasteiger partial charge >= 0.3 is 5.69 Å². The van der Waals surface area contributed by atoms with E-state index in [4.69, 9.17) is 16.6 Å². The molecule has 0 saturated carbocycles. The number of likely N-dealkylation sites (tertiary alicyclic amines) is 1. The maximum absolute atomic E-state index is 13.8. The fourth-order valence-corrected chi connectivity index (χ4v) is 4.77. The Morgan fingerprint density at radius 3 is 2.59 bits per heavy atom. The fourth-order valence-electron chi connectivity index (χ4n) is 4.65. The van der Waals surface area contributed by atoms with Crippen LogP contribution in [-0.4, -0.2) is 37.1 Å². The number of halogens is 2. The maximum Gasteiger partial charge on any atom is 0.329 e. The molecule has 0 bridgehead atoms. The van der Waals surface area contributed by atoms with E-state index in [-0.39, 0.29) is 16.8 Å². The first-order valence-corrected chi connectivity index (χ1v) is 11.2. The molecule has 5 rings (SSSR count). The molecule has 1 saturated heterocycles. The van der Waals surface area contributed by atoms with E-state index in [9.17, 15) is 9.18 Å². The van der Waals surface area contributed by atoms with Gasteiger partial charge in [-0.15, -0.1) is 0 Å². The van der Waals surface area contributed by atoms with Gasteiger partial charge in [0.15, 0.2) is 0 Å². The highest BCUT2D eigenvalue weighted by Gasteiger charge is 2.25. The van der Waals surface area contributed by atoms with Crippen molar-refractivity contribution in [2.75, 3.05) is 13.1 Å². The molecule has 6 nitrogen and oxygen atoms in total. The van der Waals surface area contributed by atoms with Crippen LogP contribution in [-0.2, 0) is 13.6 Å². The number of aromatic nitrogens is 4. The zero-order valence-corrected chi connectivity index (χ0v) is 18.9. The molecule has 166 valence electrons. The Labute approximate surface area is 190 Å². The Bertz CT molecular complexity index is 1350. The van der Waals surface area contributed by atoms with Gasteiger partial charge in [-0.2, -0.15) is 0 Å². The van der Waals surface area contributed by atoms with Crippen LogP contribution < -0.4 is 5.69 Å². The largest absolute Gasteiger partial charge is 0.342 e. The molecule has 0 amide bonds. The van der Waals surface area contributed by atoms with Crippen LogP contribution >= 0.6 is 11.6 Å². The molecule has 32 heavy (non-hydrogen) atoms. The first kappa shape index (κ1) is 21.0. The number of hydrogen-bond acceptors (Lipinski definition) is 3. The summed E-state index contributed by atoms with van der Waals surface area (Å²) in [7, 11) is 1.83. The van der Waals surface area contributed by atoms with Gasteiger partial charge in [0, 0.05) is 44.0 Å². The standard InChI is InChI=1S/C24H25ClFN5O/c1-15-20(28-23(27-15)16-7-8-18(25)19(26)13-16)14-30-11-9-17(10-12-30)31-22-6-4-3-5-21(22)29(2)24(31)32/h3-8,13,17H,9-12,14H2,1-2H3,(H,27,28). The molecular formula is C24H25ClFN5O. The summed E-state index contributed by atoms with van der Waals surface area (Å²) in [5, 5.41) is 0.102. The van der Waals surface area contributed by atoms with Crippen LogP contribution in [0.3, 0.4) is 0 Å². The summed E-state index contributed by atoms with van der Waals surface area (Å²) >= 11 is 5.80. The van der Waals surface area contributed by atoms with Crippen molar-refractivity contribution in [1.82, 2.24) is 24.0 Å². The first-order chi connectivity index (χ1) is 15.4. The molecular weight excluding hydrogens is 429 g/mol. The van der Waals surface area contributed by atoms with Crippen molar-refractivity contribution in [2.24, 2.45) is 7.05 Å². The number of nitrogens with one attached hydrogen (secondary N) is 1. The van der Waals surface area contributed by atoms with E-state index in [1.165, 1.54) is 6.07 Å². The molecule has 0 aliphatic carbocycles. The van der Waals surface area contributed by atoms with Crippen molar-refractivity contribution in [3.63, 3.8) is 0 Å². The Balaban J connectivity index is 1.30. The van der Waals surface area contributed by atoms with Gasteiger partial charge < -0.3 is 4.98 Å². The third kappa shape index (κ3) is 3.65. The minimum atomic E-state index is -0.453. The monoisotopic (exact) mass is 453 g/mol. The SMILES string of the molecule is Cc1[nH]c(-c2ccc(Cl)c(F)c2)nc1CN1CCC(n2c(=O)n(C)c3ccccc32)CC1. The Morgan fingerprint density at radius 2 is 1.88 bits per heavy atom. The van der Waals surface area contributed by atoms with Crippen molar-refractivity contribution in [1.29, 1.82) is 0 Å². The minimum absolute atomic E-state index is 0.0487. The predicted octanol–water partition coefficient (Wildman–Crippen LogP) is 4.67. The minimum Gasteiger partial charge on any atom is -0.342 e. The van der Waals surface area contributed by atoms with E-state index in [1.54, 1.807) is 16.7 Å². The van der Waals surface area contributed by atoms with Crippen LogP contribution in [0.2, 0.25) is 5.02 Å². The summed E-state index contributed by atoms with van der Waals surface area (Å²) in [5.74, 6) is 0.191. The lowest BCUT2D eigenvalue weighted by Crippen LogP contribution is -2.37. The first-order valence-electron chi connectivity index (χ1n) is 10.8. The number of aryl methyl sites for hydroxylation is 2. The second kappa shape index (κ2) is 8.22. The lowest BCUT2D eigenvalue weighted by atomic mass is 10.0. The topological polar surface area (TPSA) is 58.9 Å². The number of piperidine rings is 1. The number of hydrogen-bond donors (Lipinski definition) is 1. The van der Waals surface area contributed by atoms with Crippen LogP contribution in [0.1, 0.15) is 30.3 Å². The van der Waals surface area contributed by atoms with Crippen LogP contribution in [0.15, 0.2) is 47.3 Å². The molecule has 0 unspecified atom stereocenters. The molecule has 3 heterocycles. The van der Waals surface area contributed by atoms with Gasteiger partial charge in [-0.1, -0.05) is 23.7 Å². The summed E-state index contributed by atoms with van der Waals surface area (Å²) in [5.41, 5.74) is 4.63. The average molecular weight is 454 g/mol. The number of imidazole rings is 2. The zero-order chi connectivity index (χ0) is 22.4. The van der Waals surface area contributed by atoms with Crippen molar-refractivity contribution >= 4 is 22.6 Å². The van der Waals surface area contributed by atoms with Crippen LogP contribution in [0.5, 0.6) is 0 Å². The summed E-state index contributed by atoms with van der Waals surface area (Å²) < 4.78 is 17.5. The number of rotatable bonds is 4. The average Bonchev–Trinajstić information content (AvgIpc) is 3.28. The van der Waals surface area contributed by atoms with E-state index >= 15 is 0 Å². The van der Waals surface area contributed by atoms with Crippen LogP contribution in [0, 0.1) is 12.7 Å². The molecule has 1 fully saturated rings. The Hall–Kier alpha value is -2.90. The molecule has 1 N–H and O–H groups in total. The zero-order valence-electron chi connectivity index (χ0n) is 18.1. The second-order valence-electron chi connectivity index (χ2n) is 8.49. The van der Waals surface area contributed by atoms with Gasteiger partial charge in [-0.25, -0.2) is 14.2 Å². The molecule has 2 aromatic heterocycles. The number of nitrogens with zero attached hydrogens (tertiary/aromatic N) is 4. The van der Waals surface area contributed by atoms with Crippen molar-refractivity contribution in [2.45, 2.75) is 32.4 Å². The smallest absolute Gasteiger partial charge is 0.329 e. The lowest BCUT2D eigenvalue weighted by molar-refractivity contribution is 0.177. The molecule has 1 aliphatic rings. The lowest BCUT2D eigenvalue weighted by Gasteiger charge is -2.32. The Morgan fingerprint density at radius 1 is 1.16 bits per heavy atom. The van der Waals surface area contributed by atoms with Gasteiger partial charge in [0.05, 0.1) is 21.7 Å². The fraction of sp³-hybridized carbons (Fsp3) is 0.333. The number of fused-ring (bicyclic) bond motifs is 1. The van der Waals surface area contributed by atoms with E-state index in [0.29, 0.717) is 11.4 Å². The highest BCUT2D eigenvalue weighted by atomic mass is 35.5. The third-order valence-corrected chi connectivity index (χ3v) is 6.78. The molecule has 0 spiro atoms. The number of H-pyrrole nitrogens is 1. The highest BCUT2D eigenvalue weighted by Crippen LogP contribution is 2.28. The normalized spacial score (nSPS) is 15.6. The van der Waals surface area contributed by atoms with E-state index in [2.05, 4.69) is 9.88 Å². The van der Waals surface area contributed by atoms with Crippen molar-refractivity contribution in [3.8, 4) is 11.4 Å². The van der Waals surface area contributed by atoms with E-state index in [1.807, 2.05) is 42.8 Å². The van der Waals surface area contributed by atoms with Crippen LogP contribution in [0.25, 0.3) is 22.4 Å². The summed E-state index contributed by atoms with van der Waals surface area (Å²) in [6.45, 7) is 4.48. The van der Waals surface area contributed by atoms with Gasteiger partial charge in [0.2, 0.25) is 0 Å². The quantitative estimate of drug-likeness (QED) is 0.488. The molecule has 1 aliphatic heterocycles. The van der Waals surface area contributed by atoms with Gasteiger partial charge in [0.25, 0.3) is 0 Å².